The van der Waals surface area contributed by atoms with Crippen LogP contribution in [0.25, 0.3) is 44.1 Å². The molecule has 0 fully saturated rings. The topological polar surface area (TPSA) is 50.3 Å². The summed E-state index contributed by atoms with van der Waals surface area (Å²) in [6.07, 6.45) is 1.23. The van der Waals surface area contributed by atoms with Crippen LogP contribution in [-0.4, -0.2) is 19.7 Å². The van der Waals surface area contributed by atoms with Crippen molar-refractivity contribution in [1.82, 2.24) is 4.98 Å². The monoisotopic (exact) mass is 606 g/mol. The van der Waals surface area contributed by atoms with E-state index < -0.39 is 9.84 Å². The molecule has 0 unspecified atom stereocenters. The molecule has 0 saturated carbocycles. The molecule has 0 bridgehead atoms. The molecule has 1 aromatic heterocycles. The number of pyridine rings is 1. The van der Waals surface area contributed by atoms with Crippen LogP contribution in [0.15, 0.2) is 154 Å². The lowest BCUT2D eigenvalue weighted by molar-refractivity contribution is 0.602. The highest BCUT2D eigenvalue weighted by Gasteiger charge is 2.27. The van der Waals surface area contributed by atoms with E-state index in [0.29, 0.717) is 0 Å². The van der Waals surface area contributed by atoms with E-state index in [1.807, 2.05) is 12.1 Å². The Morgan fingerprint density at radius 2 is 1.18 bits per heavy atom. The SMILES string of the molecule is CS(=O)(=O)c1ccc(-c2cc(-c3cccc4ccccc34)c3cccc(N4c5ccccc5Sc5ccccc54)c3n2)cc1. The van der Waals surface area contributed by atoms with Crippen LogP contribution in [0, 0.1) is 0 Å². The molecule has 0 N–H and O–H groups in total. The molecule has 8 rings (SSSR count). The first-order chi connectivity index (χ1) is 21.5. The van der Waals surface area contributed by atoms with Gasteiger partial charge in [0.2, 0.25) is 0 Å². The minimum absolute atomic E-state index is 0.288. The number of sulfone groups is 1. The summed E-state index contributed by atoms with van der Waals surface area (Å²) in [5.41, 5.74) is 7.91. The van der Waals surface area contributed by atoms with Crippen LogP contribution in [0.3, 0.4) is 0 Å². The summed E-state index contributed by atoms with van der Waals surface area (Å²) in [4.78, 5) is 10.3. The largest absolute Gasteiger partial charge is 0.306 e. The van der Waals surface area contributed by atoms with Gasteiger partial charge in [-0.3, -0.25) is 0 Å². The Morgan fingerprint density at radius 3 is 1.91 bits per heavy atom. The Bertz CT molecular complexity index is 2300. The van der Waals surface area contributed by atoms with Crippen LogP contribution >= 0.6 is 11.8 Å². The molecule has 0 amide bonds. The van der Waals surface area contributed by atoms with Crippen molar-refractivity contribution in [3.8, 4) is 22.4 Å². The molecular formula is C38H26N2O2S2. The second-order valence-electron chi connectivity index (χ2n) is 10.9. The summed E-state index contributed by atoms with van der Waals surface area (Å²) in [7, 11) is -3.32. The minimum atomic E-state index is -3.32. The Balaban J connectivity index is 1.45. The number of nitrogens with zero attached hydrogens (tertiary/aromatic N) is 2. The fourth-order valence-electron chi connectivity index (χ4n) is 6.08. The minimum Gasteiger partial charge on any atom is -0.306 e. The fraction of sp³-hybridized carbons (Fsp3) is 0.0263. The van der Waals surface area contributed by atoms with Gasteiger partial charge in [-0.1, -0.05) is 103 Å². The lowest BCUT2D eigenvalue weighted by atomic mass is 9.93. The van der Waals surface area contributed by atoms with Gasteiger partial charge in [0.25, 0.3) is 0 Å². The summed E-state index contributed by atoms with van der Waals surface area (Å²) in [5.74, 6) is 0. The number of rotatable bonds is 4. The Hall–Kier alpha value is -4.91. The van der Waals surface area contributed by atoms with Gasteiger partial charge in [0.1, 0.15) is 0 Å². The van der Waals surface area contributed by atoms with E-state index in [4.69, 9.17) is 4.98 Å². The first-order valence-corrected chi connectivity index (χ1v) is 17.0. The fourth-order valence-corrected chi connectivity index (χ4v) is 7.77. The van der Waals surface area contributed by atoms with Gasteiger partial charge >= 0.3 is 0 Å². The first-order valence-electron chi connectivity index (χ1n) is 14.3. The van der Waals surface area contributed by atoms with Gasteiger partial charge in [0, 0.05) is 27.0 Å². The summed E-state index contributed by atoms with van der Waals surface area (Å²) < 4.78 is 24.4. The number of hydrogen-bond acceptors (Lipinski definition) is 5. The number of fused-ring (bicyclic) bond motifs is 4. The highest BCUT2D eigenvalue weighted by Crippen LogP contribution is 2.52. The van der Waals surface area contributed by atoms with Crippen LogP contribution in [-0.2, 0) is 9.84 Å². The van der Waals surface area contributed by atoms with Crippen molar-refractivity contribution < 1.29 is 8.42 Å². The first kappa shape index (κ1) is 26.7. The Kier molecular flexibility index (Phi) is 6.29. The highest BCUT2D eigenvalue weighted by atomic mass is 32.2. The van der Waals surface area contributed by atoms with Gasteiger partial charge in [-0.15, -0.1) is 0 Å². The molecule has 0 saturated heterocycles. The van der Waals surface area contributed by atoms with Crippen LogP contribution in [0.2, 0.25) is 0 Å². The highest BCUT2D eigenvalue weighted by molar-refractivity contribution is 7.99. The summed E-state index contributed by atoms with van der Waals surface area (Å²) in [6, 6.07) is 47.4. The number of aromatic nitrogens is 1. The molecule has 0 aliphatic carbocycles. The van der Waals surface area contributed by atoms with Crippen molar-refractivity contribution in [3.05, 3.63) is 140 Å². The van der Waals surface area contributed by atoms with Gasteiger partial charge in [-0.25, -0.2) is 13.4 Å². The number of anilines is 3. The third kappa shape index (κ3) is 4.46. The number of para-hydroxylation sites is 3. The van der Waals surface area contributed by atoms with Crippen LogP contribution < -0.4 is 4.90 Å². The van der Waals surface area contributed by atoms with Crippen LogP contribution in [0.5, 0.6) is 0 Å². The molecule has 0 spiro atoms. The van der Waals surface area contributed by atoms with Crippen molar-refractivity contribution >= 4 is 60.3 Å². The summed E-state index contributed by atoms with van der Waals surface area (Å²) in [5, 5.41) is 3.38. The third-order valence-corrected chi connectivity index (χ3v) is 10.4. The Labute approximate surface area is 260 Å². The standard InChI is InChI=1S/C38H26N2O2S2/c1-44(41,42)27-22-20-26(21-23-27)32-24-31(29-13-8-11-25-10-2-3-12-28(25)29)30-14-9-17-35(38(30)39-32)40-33-15-4-6-18-36(33)43-37-19-7-5-16-34(37)40/h2-24H,1H3. The molecule has 4 nitrogen and oxygen atoms in total. The van der Waals surface area contributed by atoms with Gasteiger partial charge in [0.15, 0.2) is 9.84 Å². The predicted molar refractivity (Wildman–Crippen MR) is 182 cm³/mol. The quantitative estimate of drug-likeness (QED) is 0.200. The molecule has 0 radical (unpaired) electrons. The van der Waals surface area contributed by atoms with E-state index in [2.05, 4.69) is 120 Å². The van der Waals surface area contributed by atoms with Crippen molar-refractivity contribution in [3.63, 3.8) is 0 Å². The molecule has 7 aromatic rings. The molecule has 1 aliphatic rings. The zero-order chi connectivity index (χ0) is 29.8. The van der Waals surface area contributed by atoms with Crippen molar-refractivity contribution in [1.29, 1.82) is 0 Å². The lowest BCUT2D eigenvalue weighted by Gasteiger charge is -2.33. The van der Waals surface area contributed by atoms with E-state index in [1.165, 1.54) is 21.4 Å². The smallest absolute Gasteiger partial charge is 0.175 e. The maximum absolute atomic E-state index is 12.2. The molecule has 6 heteroatoms. The molecule has 212 valence electrons. The molecule has 2 heterocycles. The van der Waals surface area contributed by atoms with Crippen molar-refractivity contribution in [2.24, 2.45) is 0 Å². The number of hydrogen-bond donors (Lipinski definition) is 0. The maximum atomic E-state index is 12.2. The number of benzene rings is 6. The Morgan fingerprint density at radius 1 is 0.591 bits per heavy atom. The molecule has 6 aromatic carbocycles. The molecule has 0 atom stereocenters. The zero-order valence-corrected chi connectivity index (χ0v) is 25.4. The van der Waals surface area contributed by atoms with Crippen molar-refractivity contribution in [2.45, 2.75) is 14.7 Å². The van der Waals surface area contributed by atoms with E-state index in [1.54, 1.807) is 23.9 Å². The van der Waals surface area contributed by atoms with Crippen LogP contribution in [0.4, 0.5) is 17.1 Å². The van der Waals surface area contributed by atoms with Crippen molar-refractivity contribution in [2.75, 3.05) is 11.2 Å². The van der Waals surface area contributed by atoms with E-state index in [9.17, 15) is 8.42 Å². The summed E-state index contributed by atoms with van der Waals surface area (Å²) >= 11 is 1.78. The summed E-state index contributed by atoms with van der Waals surface area (Å²) in [6.45, 7) is 0. The second kappa shape index (κ2) is 10.4. The predicted octanol–water partition coefficient (Wildman–Crippen LogP) is 10.1. The second-order valence-corrected chi connectivity index (χ2v) is 14.0. The zero-order valence-electron chi connectivity index (χ0n) is 23.8. The van der Waals surface area contributed by atoms with E-state index in [-0.39, 0.29) is 4.90 Å². The third-order valence-electron chi connectivity index (χ3n) is 8.15. The van der Waals surface area contributed by atoms with Gasteiger partial charge in [-0.2, -0.15) is 0 Å². The molecule has 1 aliphatic heterocycles. The van der Waals surface area contributed by atoms with Gasteiger partial charge in [0.05, 0.1) is 33.2 Å². The van der Waals surface area contributed by atoms with Crippen LogP contribution in [0.1, 0.15) is 0 Å². The van der Waals surface area contributed by atoms with Gasteiger partial charge < -0.3 is 4.90 Å². The average molecular weight is 607 g/mol. The molecule has 44 heavy (non-hydrogen) atoms. The molecular weight excluding hydrogens is 581 g/mol. The van der Waals surface area contributed by atoms with Gasteiger partial charge in [-0.05, 0) is 70.4 Å². The average Bonchev–Trinajstić information content (AvgIpc) is 3.06. The normalized spacial score (nSPS) is 12.7. The lowest BCUT2D eigenvalue weighted by Crippen LogP contribution is -2.15. The van der Waals surface area contributed by atoms with E-state index in [0.717, 1.165) is 55.7 Å². The van der Waals surface area contributed by atoms with E-state index >= 15 is 0 Å². The maximum Gasteiger partial charge on any atom is 0.175 e.